The SMILES string of the molecule is O=c1[nH]c(Cc2ccc(-c3cc(F)cc(F)c3)nc2)nc2cc(NC34CCN(CC3)CC4)c(Cl)cc12. The topological polar surface area (TPSA) is 73.9 Å². The van der Waals surface area contributed by atoms with Gasteiger partial charge in [-0.1, -0.05) is 17.7 Å². The third kappa shape index (κ3) is 4.47. The number of halogens is 3. The van der Waals surface area contributed by atoms with Gasteiger partial charge in [-0.15, -0.1) is 0 Å². The van der Waals surface area contributed by atoms with Crippen molar-refractivity contribution in [1.82, 2.24) is 19.9 Å². The fraction of sp³-hybridized carbons (Fsp3) is 0.296. The number of hydrogen-bond donors (Lipinski definition) is 2. The zero-order valence-corrected chi connectivity index (χ0v) is 20.2. The van der Waals surface area contributed by atoms with Crippen molar-refractivity contribution in [1.29, 1.82) is 0 Å². The Balaban J connectivity index is 1.27. The molecule has 0 amide bonds. The summed E-state index contributed by atoms with van der Waals surface area (Å²) in [6, 6.07) is 10.3. The number of benzene rings is 2. The van der Waals surface area contributed by atoms with Crippen LogP contribution < -0.4 is 10.9 Å². The number of aromatic amines is 1. The Kier molecular flexibility index (Phi) is 5.73. The summed E-state index contributed by atoms with van der Waals surface area (Å²) in [5.74, 6) is -0.816. The summed E-state index contributed by atoms with van der Waals surface area (Å²) in [6.45, 7) is 3.25. The number of hydrogen-bond acceptors (Lipinski definition) is 5. The summed E-state index contributed by atoms with van der Waals surface area (Å²) < 4.78 is 27.1. The fourth-order valence-corrected chi connectivity index (χ4v) is 5.49. The number of pyridine rings is 1. The van der Waals surface area contributed by atoms with E-state index in [4.69, 9.17) is 16.6 Å². The van der Waals surface area contributed by atoms with Gasteiger partial charge in [-0.3, -0.25) is 9.78 Å². The van der Waals surface area contributed by atoms with E-state index in [1.165, 1.54) is 12.1 Å². The second kappa shape index (κ2) is 8.94. The minimum atomic E-state index is -0.656. The van der Waals surface area contributed by atoms with Gasteiger partial charge in [0.25, 0.3) is 5.56 Å². The maximum absolute atomic E-state index is 13.5. The molecule has 0 unspecified atom stereocenters. The molecule has 2 bridgehead atoms. The zero-order chi connectivity index (χ0) is 24.9. The molecule has 9 heteroatoms. The number of H-pyrrole nitrogens is 1. The van der Waals surface area contributed by atoms with Crippen LogP contribution in [-0.4, -0.2) is 45.0 Å². The van der Waals surface area contributed by atoms with E-state index in [1.54, 1.807) is 24.4 Å². The number of piperidine rings is 3. The molecule has 3 fully saturated rings. The van der Waals surface area contributed by atoms with Crippen LogP contribution in [0.25, 0.3) is 22.2 Å². The average Bonchev–Trinajstić information content (AvgIpc) is 2.86. The molecule has 184 valence electrons. The molecule has 0 aliphatic carbocycles. The summed E-state index contributed by atoms with van der Waals surface area (Å²) in [4.78, 5) is 27.2. The summed E-state index contributed by atoms with van der Waals surface area (Å²) in [6.07, 6.45) is 5.18. The lowest BCUT2D eigenvalue weighted by Crippen LogP contribution is -2.56. The van der Waals surface area contributed by atoms with E-state index >= 15 is 0 Å². The van der Waals surface area contributed by atoms with E-state index in [1.807, 2.05) is 6.07 Å². The highest BCUT2D eigenvalue weighted by Gasteiger charge is 2.39. The molecule has 0 saturated carbocycles. The summed E-state index contributed by atoms with van der Waals surface area (Å²) >= 11 is 6.57. The fourth-order valence-electron chi connectivity index (χ4n) is 5.28. The summed E-state index contributed by atoms with van der Waals surface area (Å²) in [5.41, 5.74) is 2.77. The van der Waals surface area contributed by atoms with Gasteiger partial charge in [-0.2, -0.15) is 0 Å². The van der Waals surface area contributed by atoms with Crippen molar-refractivity contribution in [2.45, 2.75) is 31.2 Å². The molecule has 5 heterocycles. The van der Waals surface area contributed by atoms with Crippen LogP contribution in [0.2, 0.25) is 5.02 Å². The van der Waals surface area contributed by atoms with E-state index in [-0.39, 0.29) is 11.1 Å². The molecule has 0 spiro atoms. The van der Waals surface area contributed by atoms with Crippen molar-refractivity contribution < 1.29 is 8.78 Å². The van der Waals surface area contributed by atoms with Gasteiger partial charge in [0.1, 0.15) is 17.5 Å². The van der Waals surface area contributed by atoms with Gasteiger partial charge < -0.3 is 15.2 Å². The first-order valence-corrected chi connectivity index (χ1v) is 12.4. The maximum Gasteiger partial charge on any atom is 0.258 e. The molecule has 4 aromatic rings. The molecule has 2 aromatic heterocycles. The quantitative estimate of drug-likeness (QED) is 0.390. The van der Waals surface area contributed by atoms with Crippen molar-refractivity contribution >= 4 is 28.2 Å². The number of anilines is 1. The predicted molar refractivity (Wildman–Crippen MR) is 136 cm³/mol. The van der Waals surface area contributed by atoms with Crippen LogP contribution in [0.3, 0.4) is 0 Å². The third-order valence-corrected chi connectivity index (χ3v) is 7.63. The molecule has 0 atom stereocenters. The smallest absolute Gasteiger partial charge is 0.258 e. The first kappa shape index (κ1) is 23.1. The predicted octanol–water partition coefficient (Wildman–Crippen LogP) is 5.16. The summed E-state index contributed by atoms with van der Waals surface area (Å²) in [7, 11) is 0. The first-order chi connectivity index (χ1) is 17.4. The standard InChI is InChI=1S/C27H24ClF2N5O/c28-21-13-20-23(14-24(21)34-27-3-6-35(7-4-27)8-5-27)32-25(33-26(20)36)9-16-1-2-22(31-15-16)17-10-18(29)12-19(30)11-17/h1-2,10-15,34H,3-9H2,(H,32,33,36). The van der Waals surface area contributed by atoms with Crippen LogP contribution >= 0.6 is 11.6 Å². The third-order valence-electron chi connectivity index (χ3n) is 7.32. The molecular formula is C27H24ClF2N5O. The molecule has 3 aliphatic heterocycles. The van der Waals surface area contributed by atoms with Crippen LogP contribution in [0.5, 0.6) is 0 Å². The second-order valence-corrected chi connectivity index (χ2v) is 10.2. The number of rotatable bonds is 5. The highest BCUT2D eigenvalue weighted by Crippen LogP contribution is 2.37. The lowest BCUT2D eigenvalue weighted by Gasteiger charge is -2.49. The first-order valence-electron chi connectivity index (χ1n) is 12.0. The Labute approximate surface area is 211 Å². The number of fused-ring (bicyclic) bond motifs is 4. The van der Waals surface area contributed by atoms with E-state index in [0.717, 1.165) is 56.2 Å². The van der Waals surface area contributed by atoms with E-state index < -0.39 is 11.6 Å². The molecule has 3 aliphatic rings. The lowest BCUT2D eigenvalue weighted by atomic mass is 9.80. The van der Waals surface area contributed by atoms with Crippen molar-refractivity contribution in [2.24, 2.45) is 0 Å². The Morgan fingerprint density at radius 1 is 1.03 bits per heavy atom. The minimum Gasteiger partial charge on any atom is -0.378 e. The average molecular weight is 508 g/mol. The van der Waals surface area contributed by atoms with E-state index in [0.29, 0.717) is 39.4 Å². The van der Waals surface area contributed by atoms with Crippen LogP contribution in [0.1, 0.15) is 30.7 Å². The Morgan fingerprint density at radius 3 is 2.42 bits per heavy atom. The van der Waals surface area contributed by atoms with Gasteiger partial charge in [0, 0.05) is 49.4 Å². The highest BCUT2D eigenvalue weighted by atomic mass is 35.5. The van der Waals surface area contributed by atoms with Crippen LogP contribution in [-0.2, 0) is 6.42 Å². The number of nitrogens with zero attached hydrogens (tertiary/aromatic N) is 3. The second-order valence-electron chi connectivity index (χ2n) is 9.75. The van der Waals surface area contributed by atoms with E-state index in [9.17, 15) is 13.6 Å². The Morgan fingerprint density at radius 2 is 1.75 bits per heavy atom. The van der Waals surface area contributed by atoms with Crippen molar-refractivity contribution in [3.8, 4) is 11.3 Å². The van der Waals surface area contributed by atoms with E-state index in [2.05, 4.69) is 20.2 Å². The molecule has 2 N–H and O–H groups in total. The molecule has 3 saturated heterocycles. The van der Waals surface area contributed by atoms with Gasteiger partial charge in [-0.25, -0.2) is 13.8 Å². The van der Waals surface area contributed by atoms with Crippen LogP contribution in [0, 0.1) is 11.6 Å². The minimum absolute atomic E-state index is 0.0358. The Hall–Kier alpha value is -3.36. The molecule has 0 radical (unpaired) electrons. The number of aromatic nitrogens is 3. The zero-order valence-electron chi connectivity index (χ0n) is 19.5. The van der Waals surface area contributed by atoms with Crippen LogP contribution in [0.4, 0.5) is 14.5 Å². The number of nitrogens with one attached hydrogen (secondary N) is 2. The monoisotopic (exact) mass is 507 g/mol. The molecule has 2 aromatic carbocycles. The van der Waals surface area contributed by atoms with Gasteiger partial charge in [-0.05, 0) is 55.2 Å². The van der Waals surface area contributed by atoms with Gasteiger partial charge in [0.05, 0.1) is 27.3 Å². The normalized spacial score (nSPS) is 21.1. The van der Waals surface area contributed by atoms with Crippen molar-refractivity contribution in [2.75, 3.05) is 25.0 Å². The van der Waals surface area contributed by atoms with Gasteiger partial charge in [0.15, 0.2) is 0 Å². The molecule has 6 nitrogen and oxygen atoms in total. The molecule has 36 heavy (non-hydrogen) atoms. The van der Waals surface area contributed by atoms with Crippen LogP contribution in [0.15, 0.2) is 53.5 Å². The van der Waals surface area contributed by atoms with Crippen molar-refractivity contribution in [3.05, 3.63) is 87.1 Å². The largest absolute Gasteiger partial charge is 0.378 e. The summed E-state index contributed by atoms with van der Waals surface area (Å²) in [5, 5.41) is 4.64. The Bertz CT molecular complexity index is 1480. The van der Waals surface area contributed by atoms with Gasteiger partial charge >= 0.3 is 0 Å². The molecular weight excluding hydrogens is 484 g/mol. The maximum atomic E-state index is 13.5. The molecule has 7 rings (SSSR count). The van der Waals surface area contributed by atoms with Crippen molar-refractivity contribution in [3.63, 3.8) is 0 Å². The highest BCUT2D eigenvalue weighted by molar-refractivity contribution is 6.34. The lowest BCUT2D eigenvalue weighted by molar-refractivity contribution is 0.0992. The van der Waals surface area contributed by atoms with Gasteiger partial charge in [0.2, 0.25) is 0 Å².